The Labute approximate surface area is 203 Å². The number of pyridine rings is 1. The van der Waals surface area contributed by atoms with Crippen molar-refractivity contribution in [3.8, 4) is 22.0 Å². The lowest BCUT2D eigenvalue weighted by Crippen LogP contribution is -2.42. The fourth-order valence-electron chi connectivity index (χ4n) is 5.04. The van der Waals surface area contributed by atoms with Crippen LogP contribution in [0.4, 0.5) is 5.82 Å². The summed E-state index contributed by atoms with van der Waals surface area (Å²) in [7, 11) is 0. The van der Waals surface area contributed by atoms with Crippen molar-refractivity contribution in [3.63, 3.8) is 0 Å². The number of nitrogens with zero attached hydrogens (tertiary/aromatic N) is 5. The molecule has 1 amide bonds. The molecule has 4 aromatic rings. The van der Waals surface area contributed by atoms with Gasteiger partial charge in [0.05, 0.1) is 5.39 Å². The number of fused-ring (bicyclic) bond motifs is 1. The van der Waals surface area contributed by atoms with Gasteiger partial charge in [-0.15, -0.1) is 11.3 Å². The second-order valence-electron chi connectivity index (χ2n) is 9.08. The van der Waals surface area contributed by atoms with Gasteiger partial charge < -0.3 is 9.80 Å². The average molecular weight is 470 g/mol. The van der Waals surface area contributed by atoms with Gasteiger partial charge in [0, 0.05) is 43.2 Å². The van der Waals surface area contributed by atoms with Gasteiger partial charge in [0.15, 0.2) is 5.82 Å². The van der Waals surface area contributed by atoms with Crippen LogP contribution in [0, 0.1) is 5.92 Å². The number of benzene rings is 1. The molecule has 3 aromatic heterocycles. The number of likely N-dealkylation sites (tertiary alicyclic amines) is 1. The number of piperidine rings is 1. The van der Waals surface area contributed by atoms with E-state index >= 15 is 0 Å². The first-order valence-corrected chi connectivity index (χ1v) is 12.9. The Kier molecular flexibility index (Phi) is 5.71. The zero-order valence-electron chi connectivity index (χ0n) is 19.1. The zero-order chi connectivity index (χ0) is 22.9. The first-order chi connectivity index (χ1) is 16.8. The largest absolute Gasteiger partial charge is 0.356 e. The number of carbonyl (C=O) groups excluding carboxylic acids is 1. The van der Waals surface area contributed by atoms with E-state index in [0.29, 0.717) is 11.7 Å². The Morgan fingerprint density at radius 3 is 2.41 bits per heavy atom. The van der Waals surface area contributed by atoms with Crippen LogP contribution in [-0.2, 0) is 4.79 Å². The summed E-state index contributed by atoms with van der Waals surface area (Å²) in [4.78, 5) is 33.9. The predicted molar refractivity (Wildman–Crippen MR) is 137 cm³/mol. The number of anilines is 1. The maximum Gasteiger partial charge on any atom is 0.225 e. The number of rotatable bonds is 4. The number of hydrogen-bond acceptors (Lipinski definition) is 6. The van der Waals surface area contributed by atoms with E-state index in [-0.39, 0.29) is 5.92 Å². The molecule has 0 spiro atoms. The van der Waals surface area contributed by atoms with Gasteiger partial charge in [-0.25, -0.2) is 9.97 Å². The molecule has 2 fully saturated rings. The monoisotopic (exact) mass is 469 g/mol. The average Bonchev–Trinajstić information content (AvgIpc) is 3.59. The van der Waals surface area contributed by atoms with Crippen molar-refractivity contribution in [2.24, 2.45) is 5.92 Å². The van der Waals surface area contributed by atoms with Crippen LogP contribution in [0.15, 0.2) is 60.8 Å². The minimum Gasteiger partial charge on any atom is -0.356 e. The molecule has 0 bridgehead atoms. The summed E-state index contributed by atoms with van der Waals surface area (Å²) in [5.74, 6) is 2.08. The van der Waals surface area contributed by atoms with Gasteiger partial charge in [-0.3, -0.25) is 9.78 Å². The Bertz CT molecular complexity index is 1290. The lowest BCUT2D eigenvalue weighted by molar-refractivity contribution is -0.135. The van der Waals surface area contributed by atoms with E-state index in [0.717, 1.165) is 73.6 Å². The molecule has 0 radical (unpaired) electrons. The smallest absolute Gasteiger partial charge is 0.225 e. The van der Waals surface area contributed by atoms with Gasteiger partial charge in [0.1, 0.15) is 16.3 Å². The molecular weight excluding hydrogens is 442 g/mol. The van der Waals surface area contributed by atoms with Crippen LogP contribution in [-0.4, -0.2) is 51.9 Å². The normalized spacial score (nSPS) is 16.9. The highest BCUT2D eigenvalue weighted by atomic mass is 32.1. The second-order valence-corrected chi connectivity index (χ2v) is 10.1. The van der Waals surface area contributed by atoms with Crippen LogP contribution in [0.5, 0.6) is 0 Å². The van der Waals surface area contributed by atoms with Crippen molar-refractivity contribution in [2.75, 3.05) is 31.1 Å². The summed E-state index contributed by atoms with van der Waals surface area (Å²) in [5.41, 5.74) is 1.96. The maximum absolute atomic E-state index is 12.9. The molecule has 6 rings (SSSR count). The van der Waals surface area contributed by atoms with E-state index < -0.39 is 0 Å². The number of amides is 1. The fraction of sp³-hybridized carbons (Fsp3) is 0.333. The SMILES string of the molecule is O=C(C1CCN(c2nc(-c3ccccn3)nc3sc(-c4ccccc4)cc23)CC1)N1CCCC1. The van der Waals surface area contributed by atoms with Crippen LogP contribution in [0.3, 0.4) is 0 Å². The Morgan fingerprint density at radius 1 is 0.912 bits per heavy atom. The van der Waals surface area contributed by atoms with Crippen LogP contribution in [0.25, 0.3) is 32.2 Å². The highest BCUT2D eigenvalue weighted by Crippen LogP contribution is 2.38. The number of thiophene rings is 1. The number of aromatic nitrogens is 3. The Morgan fingerprint density at radius 2 is 1.68 bits per heavy atom. The molecule has 34 heavy (non-hydrogen) atoms. The van der Waals surface area contributed by atoms with E-state index in [9.17, 15) is 4.79 Å². The van der Waals surface area contributed by atoms with Crippen molar-refractivity contribution >= 4 is 33.3 Å². The third kappa shape index (κ3) is 4.05. The molecule has 0 N–H and O–H groups in total. The standard InChI is InChI=1S/C27H27N5OS/c33-27(32-14-6-7-15-32)20-11-16-31(17-12-20)25-21-18-23(19-8-2-1-3-9-19)34-26(21)30-24(29-25)22-10-4-5-13-28-22/h1-5,8-10,13,18,20H,6-7,11-12,14-17H2. The molecule has 7 heteroatoms. The summed E-state index contributed by atoms with van der Waals surface area (Å²) >= 11 is 1.69. The molecule has 1 aromatic carbocycles. The molecule has 6 nitrogen and oxygen atoms in total. The zero-order valence-corrected chi connectivity index (χ0v) is 19.9. The molecule has 2 saturated heterocycles. The lowest BCUT2D eigenvalue weighted by atomic mass is 9.95. The molecule has 2 aliphatic heterocycles. The number of hydrogen-bond donors (Lipinski definition) is 0. The van der Waals surface area contributed by atoms with Gasteiger partial charge in [-0.2, -0.15) is 0 Å². The minimum atomic E-state index is 0.129. The molecular formula is C27H27N5OS. The van der Waals surface area contributed by atoms with Crippen molar-refractivity contribution < 1.29 is 4.79 Å². The quantitative estimate of drug-likeness (QED) is 0.408. The van der Waals surface area contributed by atoms with E-state index in [1.807, 2.05) is 24.3 Å². The maximum atomic E-state index is 12.9. The van der Waals surface area contributed by atoms with Gasteiger partial charge in [0.2, 0.25) is 5.91 Å². The fourth-order valence-corrected chi connectivity index (χ4v) is 6.07. The first kappa shape index (κ1) is 21.2. The summed E-state index contributed by atoms with van der Waals surface area (Å²) in [6.07, 6.45) is 5.80. The third-order valence-corrected chi connectivity index (χ3v) is 7.96. The molecule has 0 unspecified atom stereocenters. The van der Waals surface area contributed by atoms with Crippen molar-refractivity contribution in [3.05, 3.63) is 60.8 Å². The number of carbonyl (C=O) groups is 1. The second kappa shape index (κ2) is 9.14. The molecule has 0 saturated carbocycles. The van der Waals surface area contributed by atoms with Crippen molar-refractivity contribution in [2.45, 2.75) is 25.7 Å². The van der Waals surface area contributed by atoms with Gasteiger partial charge in [-0.05, 0) is 49.4 Å². The summed E-state index contributed by atoms with van der Waals surface area (Å²) in [6.45, 7) is 3.51. The van der Waals surface area contributed by atoms with E-state index in [1.54, 1.807) is 17.5 Å². The van der Waals surface area contributed by atoms with Gasteiger partial charge in [-0.1, -0.05) is 36.4 Å². The molecule has 2 aliphatic rings. The van der Waals surface area contributed by atoms with Crippen molar-refractivity contribution in [1.29, 1.82) is 0 Å². The molecule has 0 atom stereocenters. The topological polar surface area (TPSA) is 62.2 Å². The molecule has 172 valence electrons. The Hall–Kier alpha value is -3.32. The third-order valence-electron chi connectivity index (χ3n) is 6.89. The van der Waals surface area contributed by atoms with Gasteiger partial charge in [0.25, 0.3) is 0 Å². The lowest BCUT2D eigenvalue weighted by Gasteiger charge is -2.34. The van der Waals surface area contributed by atoms with Crippen LogP contribution in [0.2, 0.25) is 0 Å². The van der Waals surface area contributed by atoms with Gasteiger partial charge >= 0.3 is 0 Å². The highest BCUT2D eigenvalue weighted by Gasteiger charge is 2.31. The highest BCUT2D eigenvalue weighted by molar-refractivity contribution is 7.22. The van der Waals surface area contributed by atoms with Crippen LogP contribution in [0.1, 0.15) is 25.7 Å². The van der Waals surface area contributed by atoms with Crippen LogP contribution >= 0.6 is 11.3 Å². The summed E-state index contributed by atoms with van der Waals surface area (Å²) in [5, 5.41) is 1.08. The summed E-state index contributed by atoms with van der Waals surface area (Å²) < 4.78 is 0. The molecule has 5 heterocycles. The minimum absolute atomic E-state index is 0.129. The van der Waals surface area contributed by atoms with Crippen LogP contribution < -0.4 is 4.90 Å². The Balaban J connectivity index is 1.34. The first-order valence-electron chi connectivity index (χ1n) is 12.1. The van der Waals surface area contributed by atoms with E-state index in [2.05, 4.69) is 45.1 Å². The van der Waals surface area contributed by atoms with E-state index in [4.69, 9.17) is 9.97 Å². The van der Waals surface area contributed by atoms with Crippen molar-refractivity contribution in [1.82, 2.24) is 19.9 Å². The predicted octanol–water partition coefficient (Wildman–Crippen LogP) is 5.26. The summed E-state index contributed by atoms with van der Waals surface area (Å²) in [6, 6.07) is 18.5. The van der Waals surface area contributed by atoms with E-state index in [1.165, 1.54) is 10.4 Å². The molecule has 0 aliphatic carbocycles.